The van der Waals surface area contributed by atoms with Crippen LogP contribution < -0.4 is 10.6 Å². The average Bonchev–Trinajstić information content (AvgIpc) is 2.49. The standard InChI is InChI=1S/C15H22F3N3O/c1-19-14(20-9-5-11-22-12-15(16,17)18)21-10-8-13-6-3-2-4-7-13/h2-4,6-7H,5,8-12H2,1H3,(H2,19,20,21). The lowest BCUT2D eigenvalue weighted by molar-refractivity contribution is -0.173. The Morgan fingerprint density at radius 3 is 2.45 bits per heavy atom. The van der Waals surface area contributed by atoms with Crippen LogP contribution in [0.15, 0.2) is 35.3 Å². The number of ether oxygens (including phenoxy) is 1. The van der Waals surface area contributed by atoms with Gasteiger partial charge in [-0.25, -0.2) is 0 Å². The normalized spacial score (nSPS) is 12.3. The van der Waals surface area contributed by atoms with E-state index >= 15 is 0 Å². The predicted octanol–water partition coefficient (Wildman–Crippen LogP) is 2.36. The predicted molar refractivity (Wildman–Crippen MR) is 81.0 cm³/mol. The number of guanidine groups is 1. The monoisotopic (exact) mass is 317 g/mol. The first-order valence-electron chi connectivity index (χ1n) is 7.14. The molecule has 1 rings (SSSR count). The third-order valence-corrected chi connectivity index (χ3v) is 2.80. The molecule has 0 aliphatic heterocycles. The quantitative estimate of drug-likeness (QED) is 0.439. The SMILES string of the molecule is CN=C(NCCCOCC(F)(F)F)NCCc1ccccc1. The van der Waals surface area contributed by atoms with Gasteiger partial charge in [0.1, 0.15) is 6.61 Å². The van der Waals surface area contributed by atoms with Crippen LogP contribution in [0.4, 0.5) is 13.2 Å². The van der Waals surface area contributed by atoms with Crippen molar-refractivity contribution in [3.05, 3.63) is 35.9 Å². The van der Waals surface area contributed by atoms with Gasteiger partial charge >= 0.3 is 6.18 Å². The van der Waals surface area contributed by atoms with E-state index < -0.39 is 12.8 Å². The van der Waals surface area contributed by atoms with Gasteiger partial charge < -0.3 is 15.4 Å². The highest BCUT2D eigenvalue weighted by molar-refractivity contribution is 5.79. The fraction of sp³-hybridized carbons (Fsp3) is 0.533. The van der Waals surface area contributed by atoms with Gasteiger partial charge in [-0.3, -0.25) is 4.99 Å². The lowest BCUT2D eigenvalue weighted by Gasteiger charge is -2.12. The topological polar surface area (TPSA) is 45.7 Å². The van der Waals surface area contributed by atoms with E-state index in [2.05, 4.69) is 32.5 Å². The van der Waals surface area contributed by atoms with Crippen LogP contribution in [-0.4, -0.2) is 45.5 Å². The van der Waals surface area contributed by atoms with Crippen LogP contribution in [0.3, 0.4) is 0 Å². The van der Waals surface area contributed by atoms with Gasteiger partial charge in [-0.15, -0.1) is 0 Å². The van der Waals surface area contributed by atoms with E-state index in [1.165, 1.54) is 5.56 Å². The van der Waals surface area contributed by atoms with Crippen LogP contribution >= 0.6 is 0 Å². The van der Waals surface area contributed by atoms with Crippen LogP contribution in [-0.2, 0) is 11.2 Å². The van der Waals surface area contributed by atoms with Crippen molar-refractivity contribution in [1.29, 1.82) is 0 Å². The largest absolute Gasteiger partial charge is 0.411 e. The number of hydrogen-bond acceptors (Lipinski definition) is 2. The van der Waals surface area contributed by atoms with Crippen LogP contribution in [0, 0.1) is 0 Å². The number of nitrogens with one attached hydrogen (secondary N) is 2. The molecule has 22 heavy (non-hydrogen) atoms. The van der Waals surface area contributed by atoms with Gasteiger partial charge in [0, 0.05) is 26.7 Å². The maximum atomic E-state index is 11.9. The van der Waals surface area contributed by atoms with Gasteiger partial charge in [-0.2, -0.15) is 13.2 Å². The van der Waals surface area contributed by atoms with Gasteiger partial charge in [0.05, 0.1) is 0 Å². The third-order valence-electron chi connectivity index (χ3n) is 2.80. The highest BCUT2D eigenvalue weighted by Crippen LogP contribution is 2.14. The zero-order valence-electron chi connectivity index (χ0n) is 12.6. The first-order valence-corrected chi connectivity index (χ1v) is 7.14. The fourth-order valence-electron chi connectivity index (χ4n) is 1.76. The molecule has 0 fully saturated rings. The maximum absolute atomic E-state index is 11.9. The van der Waals surface area contributed by atoms with Crippen molar-refractivity contribution < 1.29 is 17.9 Å². The Balaban J connectivity index is 2.08. The van der Waals surface area contributed by atoms with Gasteiger partial charge in [-0.1, -0.05) is 30.3 Å². The van der Waals surface area contributed by atoms with E-state index in [1.807, 2.05) is 18.2 Å². The maximum Gasteiger partial charge on any atom is 0.411 e. The minimum Gasteiger partial charge on any atom is -0.372 e. The lowest BCUT2D eigenvalue weighted by Crippen LogP contribution is -2.39. The number of benzene rings is 1. The number of rotatable bonds is 8. The lowest BCUT2D eigenvalue weighted by atomic mass is 10.1. The van der Waals surface area contributed by atoms with Crippen molar-refractivity contribution in [1.82, 2.24) is 10.6 Å². The summed E-state index contributed by atoms with van der Waals surface area (Å²) in [5.41, 5.74) is 1.23. The van der Waals surface area contributed by atoms with E-state index in [-0.39, 0.29) is 6.61 Å². The number of halogens is 3. The molecule has 1 aromatic carbocycles. The summed E-state index contributed by atoms with van der Waals surface area (Å²) in [6, 6.07) is 10.1. The minimum absolute atomic E-state index is 0.0630. The van der Waals surface area contributed by atoms with Crippen LogP contribution in [0.5, 0.6) is 0 Å². The van der Waals surface area contributed by atoms with Gasteiger partial charge in [0.2, 0.25) is 0 Å². The smallest absolute Gasteiger partial charge is 0.372 e. The summed E-state index contributed by atoms with van der Waals surface area (Å²) in [6.45, 7) is 0.0989. The van der Waals surface area contributed by atoms with Gasteiger partial charge in [0.15, 0.2) is 5.96 Å². The van der Waals surface area contributed by atoms with Crippen molar-refractivity contribution in [2.24, 2.45) is 4.99 Å². The fourth-order valence-corrected chi connectivity index (χ4v) is 1.76. The zero-order valence-corrected chi connectivity index (χ0v) is 12.6. The summed E-state index contributed by atoms with van der Waals surface area (Å²) in [4.78, 5) is 4.05. The summed E-state index contributed by atoms with van der Waals surface area (Å²) in [7, 11) is 1.65. The highest BCUT2D eigenvalue weighted by Gasteiger charge is 2.27. The molecule has 1 aromatic rings. The summed E-state index contributed by atoms with van der Waals surface area (Å²) in [5, 5.41) is 6.18. The van der Waals surface area contributed by atoms with Crippen LogP contribution in [0.25, 0.3) is 0 Å². The van der Waals surface area contributed by atoms with E-state index in [0.29, 0.717) is 18.9 Å². The molecule has 0 amide bonds. The molecule has 0 heterocycles. The second kappa shape index (κ2) is 10.0. The van der Waals surface area contributed by atoms with Crippen molar-refractivity contribution in [3.8, 4) is 0 Å². The van der Waals surface area contributed by atoms with E-state index in [9.17, 15) is 13.2 Å². The molecule has 7 heteroatoms. The first kappa shape index (κ1) is 18.3. The van der Waals surface area contributed by atoms with E-state index in [1.54, 1.807) is 7.05 Å². The molecule has 0 spiro atoms. The first-order chi connectivity index (χ1) is 10.5. The zero-order chi connectivity index (χ0) is 16.3. The van der Waals surface area contributed by atoms with Crippen LogP contribution in [0.2, 0.25) is 0 Å². The second-order valence-corrected chi connectivity index (χ2v) is 4.68. The molecule has 0 radical (unpaired) electrons. The summed E-state index contributed by atoms with van der Waals surface area (Å²) in [6.07, 6.45) is -2.91. The van der Waals surface area contributed by atoms with Crippen molar-refractivity contribution >= 4 is 5.96 Å². The van der Waals surface area contributed by atoms with Gasteiger partial charge in [-0.05, 0) is 18.4 Å². The summed E-state index contributed by atoms with van der Waals surface area (Å²) < 4.78 is 40.1. The number of hydrogen-bond donors (Lipinski definition) is 2. The number of nitrogens with zero attached hydrogens (tertiary/aromatic N) is 1. The molecular formula is C15H22F3N3O. The molecule has 0 saturated carbocycles. The molecule has 0 bridgehead atoms. The minimum atomic E-state index is -4.26. The van der Waals surface area contributed by atoms with Crippen LogP contribution in [0.1, 0.15) is 12.0 Å². The Bertz CT molecular complexity index is 435. The molecule has 2 N–H and O–H groups in total. The summed E-state index contributed by atoms with van der Waals surface area (Å²) in [5.74, 6) is 0.631. The Morgan fingerprint density at radius 1 is 1.14 bits per heavy atom. The molecule has 0 atom stereocenters. The number of aliphatic imine (C=N–C) groups is 1. The Kier molecular flexibility index (Phi) is 8.35. The second-order valence-electron chi connectivity index (χ2n) is 4.68. The molecule has 0 aliphatic carbocycles. The molecule has 4 nitrogen and oxygen atoms in total. The highest BCUT2D eigenvalue weighted by atomic mass is 19.4. The molecular weight excluding hydrogens is 295 g/mol. The van der Waals surface area contributed by atoms with E-state index in [0.717, 1.165) is 13.0 Å². The molecule has 0 unspecified atom stereocenters. The van der Waals surface area contributed by atoms with Gasteiger partial charge in [0.25, 0.3) is 0 Å². The molecule has 0 aromatic heterocycles. The van der Waals surface area contributed by atoms with E-state index in [4.69, 9.17) is 0 Å². The molecule has 124 valence electrons. The molecule has 0 saturated heterocycles. The third kappa shape index (κ3) is 9.23. The Hall–Kier alpha value is -1.76. The average molecular weight is 317 g/mol. The summed E-state index contributed by atoms with van der Waals surface area (Å²) >= 11 is 0. The number of alkyl halides is 3. The molecule has 0 aliphatic rings. The Labute approximate surface area is 128 Å². The van der Waals surface area contributed by atoms with Crippen molar-refractivity contribution in [3.63, 3.8) is 0 Å². The van der Waals surface area contributed by atoms with Crippen molar-refractivity contribution in [2.45, 2.75) is 19.0 Å². The Morgan fingerprint density at radius 2 is 1.82 bits per heavy atom. The van der Waals surface area contributed by atoms with Crippen molar-refractivity contribution in [2.75, 3.05) is 33.4 Å².